The van der Waals surface area contributed by atoms with Crippen molar-refractivity contribution in [2.45, 2.75) is 51.2 Å². The number of halogens is 1. The second kappa shape index (κ2) is 10.4. The zero-order valence-corrected chi connectivity index (χ0v) is 20.3. The molecule has 7 heteroatoms. The average molecular weight is 480 g/mol. The first-order chi connectivity index (χ1) is 17.0. The maximum atomic E-state index is 13.7. The molecule has 2 aliphatic heterocycles. The minimum atomic E-state index is -0.635. The van der Waals surface area contributed by atoms with Crippen LogP contribution in [0.2, 0.25) is 0 Å². The Labute approximate surface area is 206 Å². The van der Waals surface area contributed by atoms with Gasteiger partial charge in [-0.05, 0) is 93.1 Å². The van der Waals surface area contributed by atoms with Crippen molar-refractivity contribution in [3.63, 3.8) is 0 Å². The molecule has 3 aliphatic rings. The quantitative estimate of drug-likeness (QED) is 0.627. The van der Waals surface area contributed by atoms with Crippen LogP contribution in [0.3, 0.4) is 0 Å². The summed E-state index contributed by atoms with van der Waals surface area (Å²) in [6.45, 7) is 6.08. The van der Waals surface area contributed by atoms with Gasteiger partial charge in [0.2, 0.25) is 5.91 Å². The fourth-order valence-corrected chi connectivity index (χ4v) is 5.22. The number of amides is 2. The molecule has 1 aliphatic carbocycles. The molecule has 0 aromatic heterocycles. The normalized spacial score (nSPS) is 20.9. The van der Waals surface area contributed by atoms with Gasteiger partial charge in [-0.2, -0.15) is 0 Å². The van der Waals surface area contributed by atoms with Gasteiger partial charge in [-0.3, -0.25) is 9.59 Å². The van der Waals surface area contributed by atoms with Crippen molar-refractivity contribution in [1.29, 1.82) is 0 Å². The maximum Gasteiger partial charge on any atom is 0.260 e. The van der Waals surface area contributed by atoms with Crippen molar-refractivity contribution in [3.8, 4) is 5.75 Å². The van der Waals surface area contributed by atoms with Crippen molar-refractivity contribution < 1.29 is 18.7 Å². The van der Waals surface area contributed by atoms with Gasteiger partial charge in [-0.15, -0.1) is 0 Å². The van der Waals surface area contributed by atoms with Crippen molar-refractivity contribution >= 4 is 11.8 Å². The molecule has 5 rings (SSSR count). The number of carbonyl (C=O) groups is 2. The van der Waals surface area contributed by atoms with Gasteiger partial charge in [0.05, 0.1) is 6.04 Å². The van der Waals surface area contributed by atoms with Crippen LogP contribution in [0.5, 0.6) is 5.75 Å². The van der Waals surface area contributed by atoms with Gasteiger partial charge in [0.1, 0.15) is 11.6 Å². The number of carbonyl (C=O) groups excluding carboxylic acids is 2. The third-order valence-corrected chi connectivity index (χ3v) is 7.35. The minimum absolute atomic E-state index is 0.100. The number of ether oxygens (including phenoxy) is 1. The molecular formula is C28H34FN3O3. The Bertz CT molecular complexity index is 1060. The molecule has 2 heterocycles. The lowest BCUT2D eigenvalue weighted by Gasteiger charge is -2.38. The van der Waals surface area contributed by atoms with E-state index in [1.165, 1.54) is 25.0 Å². The standard InChI is InChI=1S/C28H34FN3O3/c1-19(27(33)30-13-17-31-14-2-3-15-31)35-24-11-8-20-12-16-32(28(34)22-4-5-22)26(25(20)18-24)21-6-9-23(29)10-7-21/h6-11,18-19,22,26H,2-5,12-17H2,1H3,(H,30,33)/t19-,26-/m0/s1. The number of hydrogen-bond acceptors (Lipinski definition) is 4. The highest BCUT2D eigenvalue weighted by Crippen LogP contribution is 2.41. The van der Waals surface area contributed by atoms with Crippen LogP contribution in [0.25, 0.3) is 0 Å². The third kappa shape index (κ3) is 5.50. The van der Waals surface area contributed by atoms with Gasteiger partial charge in [-0.25, -0.2) is 4.39 Å². The summed E-state index contributed by atoms with van der Waals surface area (Å²) in [5, 5.41) is 2.98. The topological polar surface area (TPSA) is 61.9 Å². The lowest BCUT2D eigenvalue weighted by atomic mass is 9.87. The minimum Gasteiger partial charge on any atom is -0.481 e. The lowest BCUT2D eigenvalue weighted by Crippen LogP contribution is -2.41. The van der Waals surface area contributed by atoms with E-state index < -0.39 is 6.10 Å². The van der Waals surface area contributed by atoms with Gasteiger partial charge >= 0.3 is 0 Å². The summed E-state index contributed by atoms with van der Waals surface area (Å²) >= 11 is 0. The van der Waals surface area contributed by atoms with Crippen LogP contribution >= 0.6 is 0 Å². The van der Waals surface area contributed by atoms with Crippen LogP contribution in [0.4, 0.5) is 4.39 Å². The van der Waals surface area contributed by atoms with Gasteiger partial charge in [0.15, 0.2) is 6.10 Å². The van der Waals surface area contributed by atoms with Crippen molar-refractivity contribution in [2.75, 3.05) is 32.7 Å². The van der Waals surface area contributed by atoms with Crippen molar-refractivity contribution in [1.82, 2.24) is 15.1 Å². The Hall–Kier alpha value is -2.93. The lowest BCUT2D eigenvalue weighted by molar-refractivity contribution is -0.134. The van der Waals surface area contributed by atoms with Crippen LogP contribution in [0.15, 0.2) is 42.5 Å². The first kappa shape index (κ1) is 23.8. The van der Waals surface area contributed by atoms with Crippen LogP contribution in [-0.2, 0) is 16.0 Å². The van der Waals surface area contributed by atoms with Crippen LogP contribution in [0, 0.1) is 11.7 Å². The van der Waals surface area contributed by atoms with E-state index in [0.29, 0.717) is 18.8 Å². The molecular weight excluding hydrogens is 445 g/mol. The van der Waals surface area contributed by atoms with Gasteiger partial charge in [0, 0.05) is 25.6 Å². The fraction of sp³-hybridized carbons (Fsp3) is 0.500. The number of nitrogens with one attached hydrogen (secondary N) is 1. The largest absolute Gasteiger partial charge is 0.481 e. The summed E-state index contributed by atoms with van der Waals surface area (Å²) in [7, 11) is 0. The van der Waals surface area contributed by atoms with Gasteiger partial charge in [-0.1, -0.05) is 18.2 Å². The molecule has 1 saturated carbocycles. The van der Waals surface area contributed by atoms with Crippen LogP contribution in [0.1, 0.15) is 55.3 Å². The number of likely N-dealkylation sites (tertiary alicyclic amines) is 1. The molecule has 0 unspecified atom stereocenters. The monoisotopic (exact) mass is 479 g/mol. The van der Waals surface area contributed by atoms with E-state index in [1.54, 1.807) is 19.1 Å². The molecule has 6 nitrogen and oxygen atoms in total. The van der Waals surface area contributed by atoms with E-state index in [2.05, 4.69) is 10.2 Å². The number of nitrogens with zero attached hydrogens (tertiary/aromatic N) is 2. The Morgan fingerprint density at radius 3 is 2.54 bits per heavy atom. The second-order valence-corrected chi connectivity index (χ2v) is 9.97. The van der Waals surface area contributed by atoms with E-state index in [1.807, 2.05) is 23.1 Å². The number of rotatable bonds is 8. The van der Waals surface area contributed by atoms with E-state index in [4.69, 9.17) is 4.74 Å². The zero-order valence-electron chi connectivity index (χ0n) is 20.3. The number of hydrogen-bond donors (Lipinski definition) is 1. The summed E-state index contributed by atoms with van der Waals surface area (Å²) in [5.74, 6) is 0.429. The molecule has 1 N–H and O–H groups in total. The smallest absolute Gasteiger partial charge is 0.260 e. The van der Waals surface area contributed by atoms with Crippen molar-refractivity contribution in [2.24, 2.45) is 5.92 Å². The predicted molar refractivity (Wildman–Crippen MR) is 132 cm³/mol. The third-order valence-electron chi connectivity index (χ3n) is 7.35. The molecule has 0 bridgehead atoms. The zero-order chi connectivity index (χ0) is 24.4. The summed E-state index contributed by atoms with van der Waals surface area (Å²) in [6.07, 6.45) is 4.46. The molecule has 2 aromatic carbocycles. The molecule has 186 valence electrons. The summed E-state index contributed by atoms with van der Waals surface area (Å²) in [4.78, 5) is 30.0. The predicted octanol–water partition coefficient (Wildman–Crippen LogP) is 3.69. The summed E-state index contributed by atoms with van der Waals surface area (Å²) < 4.78 is 19.7. The maximum absolute atomic E-state index is 13.7. The summed E-state index contributed by atoms with van der Waals surface area (Å²) in [5.41, 5.74) is 3.01. The van der Waals surface area contributed by atoms with E-state index in [0.717, 1.165) is 55.6 Å². The van der Waals surface area contributed by atoms with Crippen LogP contribution < -0.4 is 10.1 Å². The highest BCUT2D eigenvalue weighted by atomic mass is 19.1. The Kier molecular flexibility index (Phi) is 7.04. The molecule has 2 fully saturated rings. The molecule has 0 spiro atoms. The van der Waals surface area contributed by atoms with E-state index in [-0.39, 0.29) is 29.6 Å². The second-order valence-electron chi connectivity index (χ2n) is 9.97. The van der Waals surface area contributed by atoms with Crippen molar-refractivity contribution in [3.05, 3.63) is 65.0 Å². The molecule has 35 heavy (non-hydrogen) atoms. The van der Waals surface area contributed by atoms with E-state index in [9.17, 15) is 14.0 Å². The molecule has 0 radical (unpaired) electrons. The molecule has 2 aromatic rings. The highest BCUT2D eigenvalue weighted by Gasteiger charge is 2.39. The highest BCUT2D eigenvalue weighted by molar-refractivity contribution is 5.82. The number of fused-ring (bicyclic) bond motifs is 1. The van der Waals surface area contributed by atoms with E-state index >= 15 is 0 Å². The number of benzene rings is 2. The average Bonchev–Trinajstić information content (AvgIpc) is 3.59. The first-order valence-corrected chi connectivity index (χ1v) is 12.8. The molecule has 2 atom stereocenters. The first-order valence-electron chi connectivity index (χ1n) is 12.8. The van der Waals surface area contributed by atoms with Gasteiger partial charge in [0.25, 0.3) is 5.91 Å². The fourth-order valence-electron chi connectivity index (χ4n) is 5.22. The SMILES string of the molecule is C[C@H](Oc1ccc2c(c1)[C@H](c1ccc(F)cc1)N(C(=O)C1CC1)CC2)C(=O)NCCN1CCCC1. The van der Waals surface area contributed by atoms with Gasteiger partial charge < -0.3 is 19.9 Å². The Morgan fingerprint density at radius 1 is 1.09 bits per heavy atom. The Morgan fingerprint density at radius 2 is 1.83 bits per heavy atom. The molecule has 1 saturated heterocycles. The molecule has 2 amide bonds. The van der Waals surface area contributed by atoms with Crippen LogP contribution in [-0.4, -0.2) is 60.4 Å². The Balaban J connectivity index is 1.32. The summed E-state index contributed by atoms with van der Waals surface area (Å²) in [6, 6.07) is 12.0.